The summed E-state index contributed by atoms with van der Waals surface area (Å²) in [6.45, 7) is -0.120. The van der Waals surface area contributed by atoms with Gasteiger partial charge in [0.1, 0.15) is 12.4 Å². The molecule has 2 rings (SSSR count). The van der Waals surface area contributed by atoms with Crippen molar-refractivity contribution >= 4 is 17.6 Å². The summed E-state index contributed by atoms with van der Waals surface area (Å²) in [7, 11) is 0. The van der Waals surface area contributed by atoms with E-state index in [2.05, 4.69) is 10.4 Å². The Morgan fingerprint density at radius 2 is 2.00 bits per heavy atom. The molecule has 1 aromatic heterocycles. The SMILES string of the molecule is O=C(Cn1cc(C(=O)O)cn1)Nc1ccc(F)cc1. The average Bonchev–Trinajstić information content (AvgIpc) is 2.80. The van der Waals surface area contributed by atoms with Crippen molar-refractivity contribution in [3.63, 3.8) is 0 Å². The number of carbonyl (C=O) groups is 2. The standard InChI is InChI=1S/C12H10FN3O3/c13-9-1-3-10(4-2-9)15-11(17)7-16-6-8(5-14-16)12(18)19/h1-6H,7H2,(H,15,17)(H,18,19). The van der Waals surface area contributed by atoms with E-state index in [0.717, 1.165) is 6.20 Å². The number of rotatable bonds is 4. The molecule has 0 saturated heterocycles. The quantitative estimate of drug-likeness (QED) is 0.872. The van der Waals surface area contributed by atoms with Gasteiger partial charge in [-0.05, 0) is 24.3 Å². The van der Waals surface area contributed by atoms with Gasteiger partial charge >= 0.3 is 5.97 Å². The Morgan fingerprint density at radius 1 is 1.32 bits per heavy atom. The van der Waals surface area contributed by atoms with E-state index >= 15 is 0 Å². The van der Waals surface area contributed by atoms with Crippen molar-refractivity contribution in [1.29, 1.82) is 0 Å². The monoisotopic (exact) mass is 263 g/mol. The summed E-state index contributed by atoms with van der Waals surface area (Å²) in [6, 6.07) is 5.32. The zero-order valence-corrected chi connectivity index (χ0v) is 9.71. The van der Waals surface area contributed by atoms with Crippen molar-refractivity contribution in [2.75, 3.05) is 5.32 Å². The van der Waals surface area contributed by atoms with Crippen LogP contribution in [0, 0.1) is 5.82 Å². The molecule has 0 aliphatic rings. The summed E-state index contributed by atoms with van der Waals surface area (Å²) >= 11 is 0. The van der Waals surface area contributed by atoms with Crippen LogP contribution in [0.2, 0.25) is 0 Å². The van der Waals surface area contributed by atoms with E-state index in [1.165, 1.54) is 35.1 Å². The minimum Gasteiger partial charge on any atom is -0.478 e. The molecule has 0 radical (unpaired) electrons. The third kappa shape index (κ3) is 3.38. The van der Waals surface area contributed by atoms with Gasteiger partial charge in [0.15, 0.2) is 0 Å². The highest BCUT2D eigenvalue weighted by Crippen LogP contribution is 2.08. The first-order valence-corrected chi connectivity index (χ1v) is 5.36. The Hall–Kier alpha value is -2.70. The van der Waals surface area contributed by atoms with Crippen LogP contribution in [0.3, 0.4) is 0 Å². The van der Waals surface area contributed by atoms with Gasteiger partial charge in [-0.3, -0.25) is 9.48 Å². The van der Waals surface area contributed by atoms with Gasteiger partial charge in [-0.2, -0.15) is 5.10 Å². The normalized spacial score (nSPS) is 10.2. The zero-order chi connectivity index (χ0) is 13.8. The Labute approximate surface area is 107 Å². The number of aromatic carboxylic acids is 1. The second-order valence-corrected chi connectivity index (χ2v) is 3.79. The van der Waals surface area contributed by atoms with E-state index in [4.69, 9.17) is 5.11 Å². The number of amides is 1. The Balaban J connectivity index is 1.97. The van der Waals surface area contributed by atoms with Crippen LogP contribution >= 0.6 is 0 Å². The molecule has 0 bridgehead atoms. The predicted octanol–water partition coefficient (Wildman–Crippen LogP) is 1.36. The van der Waals surface area contributed by atoms with E-state index in [9.17, 15) is 14.0 Å². The van der Waals surface area contributed by atoms with Crippen LogP contribution in [-0.4, -0.2) is 26.8 Å². The van der Waals surface area contributed by atoms with Crippen LogP contribution in [0.15, 0.2) is 36.7 Å². The van der Waals surface area contributed by atoms with Crippen LogP contribution in [0.1, 0.15) is 10.4 Å². The van der Waals surface area contributed by atoms with E-state index in [1.54, 1.807) is 0 Å². The Bertz CT molecular complexity index is 607. The summed E-state index contributed by atoms with van der Waals surface area (Å²) < 4.78 is 13.9. The fourth-order valence-electron chi connectivity index (χ4n) is 1.44. The van der Waals surface area contributed by atoms with E-state index in [1.807, 2.05) is 0 Å². The first kappa shape index (κ1) is 12.7. The van der Waals surface area contributed by atoms with Crippen LogP contribution in [0.5, 0.6) is 0 Å². The molecule has 7 heteroatoms. The van der Waals surface area contributed by atoms with E-state index < -0.39 is 11.8 Å². The van der Waals surface area contributed by atoms with Crippen LogP contribution in [-0.2, 0) is 11.3 Å². The number of carboxylic acids is 1. The van der Waals surface area contributed by atoms with Crippen molar-refractivity contribution in [3.05, 3.63) is 48.0 Å². The Morgan fingerprint density at radius 3 is 2.58 bits per heavy atom. The third-order valence-electron chi connectivity index (χ3n) is 2.31. The highest BCUT2D eigenvalue weighted by molar-refractivity contribution is 5.91. The largest absolute Gasteiger partial charge is 0.478 e. The van der Waals surface area contributed by atoms with Crippen molar-refractivity contribution in [3.8, 4) is 0 Å². The number of anilines is 1. The van der Waals surface area contributed by atoms with Gasteiger partial charge in [0.05, 0.1) is 11.8 Å². The van der Waals surface area contributed by atoms with Crippen molar-refractivity contribution in [2.24, 2.45) is 0 Å². The fourth-order valence-corrected chi connectivity index (χ4v) is 1.44. The summed E-state index contributed by atoms with van der Waals surface area (Å²) in [4.78, 5) is 22.3. The number of halogens is 1. The molecule has 0 aliphatic heterocycles. The molecule has 1 amide bonds. The van der Waals surface area contributed by atoms with Crippen molar-refractivity contribution in [2.45, 2.75) is 6.54 Å². The fraction of sp³-hybridized carbons (Fsp3) is 0.0833. The number of carboxylic acid groups (broad SMARTS) is 1. The number of aromatic nitrogens is 2. The molecule has 0 fully saturated rings. The second-order valence-electron chi connectivity index (χ2n) is 3.79. The lowest BCUT2D eigenvalue weighted by molar-refractivity contribution is -0.116. The molecular weight excluding hydrogens is 253 g/mol. The van der Waals surface area contributed by atoms with Gasteiger partial charge in [-0.15, -0.1) is 0 Å². The van der Waals surface area contributed by atoms with E-state index in [0.29, 0.717) is 5.69 Å². The topological polar surface area (TPSA) is 84.2 Å². The Kier molecular flexibility index (Phi) is 3.56. The second kappa shape index (κ2) is 5.30. The number of carbonyl (C=O) groups excluding carboxylic acids is 1. The third-order valence-corrected chi connectivity index (χ3v) is 2.31. The minimum absolute atomic E-state index is 0.00887. The van der Waals surface area contributed by atoms with E-state index in [-0.39, 0.29) is 18.0 Å². The molecule has 19 heavy (non-hydrogen) atoms. The maximum atomic E-state index is 12.7. The number of hydrogen-bond acceptors (Lipinski definition) is 3. The van der Waals surface area contributed by atoms with Gasteiger partial charge in [-0.25, -0.2) is 9.18 Å². The molecular formula is C12H10FN3O3. The van der Waals surface area contributed by atoms with Crippen molar-refractivity contribution < 1.29 is 19.1 Å². The highest BCUT2D eigenvalue weighted by atomic mass is 19.1. The molecule has 0 saturated carbocycles. The average molecular weight is 263 g/mol. The molecule has 2 N–H and O–H groups in total. The van der Waals surface area contributed by atoms with Crippen LogP contribution in [0.25, 0.3) is 0 Å². The lowest BCUT2D eigenvalue weighted by Crippen LogP contribution is -2.19. The first-order valence-electron chi connectivity index (χ1n) is 5.36. The molecule has 1 aromatic carbocycles. The summed E-state index contributed by atoms with van der Waals surface area (Å²) in [5.41, 5.74) is 0.464. The smallest absolute Gasteiger partial charge is 0.338 e. The number of hydrogen-bond donors (Lipinski definition) is 2. The number of benzene rings is 1. The van der Waals surface area contributed by atoms with Crippen LogP contribution < -0.4 is 5.32 Å². The lowest BCUT2D eigenvalue weighted by atomic mass is 10.3. The number of nitrogens with one attached hydrogen (secondary N) is 1. The van der Waals surface area contributed by atoms with Crippen LogP contribution in [0.4, 0.5) is 10.1 Å². The van der Waals surface area contributed by atoms with Gasteiger partial charge in [0.25, 0.3) is 0 Å². The zero-order valence-electron chi connectivity index (χ0n) is 9.71. The molecule has 98 valence electrons. The molecule has 2 aromatic rings. The summed E-state index contributed by atoms with van der Waals surface area (Å²) in [6.07, 6.45) is 2.42. The lowest BCUT2D eigenvalue weighted by Gasteiger charge is -2.04. The summed E-state index contributed by atoms with van der Waals surface area (Å²) in [5, 5.41) is 15.0. The van der Waals surface area contributed by atoms with Gasteiger partial charge in [0, 0.05) is 11.9 Å². The molecule has 0 spiro atoms. The maximum absolute atomic E-state index is 12.7. The van der Waals surface area contributed by atoms with Gasteiger partial charge < -0.3 is 10.4 Å². The molecule has 0 atom stereocenters. The van der Waals surface area contributed by atoms with Crippen molar-refractivity contribution in [1.82, 2.24) is 9.78 Å². The maximum Gasteiger partial charge on any atom is 0.338 e. The highest BCUT2D eigenvalue weighted by Gasteiger charge is 2.09. The number of nitrogens with zero attached hydrogens (tertiary/aromatic N) is 2. The van der Waals surface area contributed by atoms with Gasteiger partial charge in [0.2, 0.25) is 5.91 Å². The summed E-state index contributed by atoms with van der Waals surface area (Å²) in [5.74, 6) is -1.88. The molecule has 0 aliphatic carbocycles. The first-order chi connectivity index (χ1) is 9.04. The minimum atomic E-state index is -1.11. The molecule has 1 heterocycles. The predicted molar refractivity (Wildman–Crippen MR) is 64.2 cm³/mol. The van der Waals surface area contributed by atoms with Gasteiger partial charge in [-0.1, -0.05) is 0 Å². The molecule has 0 unspecified atom stereocenters. The molecule has 6 nitrogen and oxygen atoms in total.